The van der Waals surface area contributed by atoms with Crippen LogP contribution in [0.2, 0.25) is 0 Å². The quantitative estimate of drug-likeness (QED) is 0.400. The zero-order valence-corrected chi connectivity index (χ0v) is 18.1. The molecular formula is C25H22N4O5. The second-order valence-electron chi connectivity index (χ2n) is 8.51. The highest BCUT2D eigenvalue weighted by Crippen LogP contribution is 2.36. The average molecular weight is 458 g/mol. The molecule has 0 radical (unpaired) electrons. The monoisotopic (exact) mass is 458 g/mol. The lowest BCUT2D eigenvalue weighted by Crippen LogP contribution is -2.52. The lowest BCUT2D eigenvalue weighted by molar-refractivity contribution is -0.145. The molecule has 2 atom stereocenters. The summed E-state index contributed by atoms with van der Waals surface area (Å²) in [4.78, 5) is 65.5. The van der Waals surface area contributed by atoms with Crippen molar-refractivity contribution in [2.45, 2.75) is 18.4 Å². The smallest absolute Gasteiger partial charge is 0.314 e. The van der Waals surface area contributed by atoms with E-state index in [2.05, 4.69) is 10.7 Å². The fourth-order valence-electron chi connectivity index (χ4n) is 4.89. The van der Waals surface area contributed by atoms with Gasteiger partial charge in [-0.3, -0.25) is 29.5 Å². The number of benzene rings is 2. The van der Waals surface area contributed by atoms with E-state index in [-0.39, 0.29) is 0 Å². The van der Waals surface area contributed by atoms with E-state index < -0.39 is 53.6 Å². The summed E-state index contributed by atoms with van der Waals surface area (Å²) in [5.74, 6) is -3.25. The predicted octanol–water partition coefficient (Wildman–Crippen LogP) is 1.46. The van der Waals surface area contributed by atoms with Crippen molar-refractivity contribution in [3.63, 3.8) is 0 Å². The molecule has 2 N–H and O–H groups in total. The molecule has 0 spiro atoms. The fourth-order valence-corrected chi connectivity index (χ4v) is 4.89. The van der Waals surface area contributed by atoms with Crippen molar-refractivity contribution in [2.24, 2.45) is 11.8 Å². The van der Waals surface area contributed by atoms with Gasteiger partial charge in [0.05, 0.1) is 11.8 Å². The van der Waals surface area contributed by atoms with E-state index in [0.29, 0.717) is 29.0 Å². The maximum atomic E-state index is 13.6. The van der Waals surface area contributed by atoms with Gasteiger partial charge in [0.1, 0.15) is 6.54 Å². The molecule has 2 aromatic rings. The number of fused-ring (bicyclic) bond motifs is 1. The van der Waals surface area contributed by atoms with Gasteiger partial charge in [0.2, 0.25) is 11.8 Å². The molecule has 2 fully saturated rings. The van der Waals surface area contributed by atoms with Crippen molar-refractivity contribution < 1.29 is 24.0 Å². The number of nitrogens with zero attached hydrogens (tertiary/aromatic N) is 2. The minimum atomic E-state index is -1.53. The molecule has 0 unspecified atom stereocenters. The zero-order chi connectivity index (χ0) is 23.9. The molecule has 2 heterocycles. The Morgan fingerprint density at radius 2 is 1.35 bits per heavy atom. The molecule has 2 aliphatic heterocycles. The molecule has 1 aliphatic carbocycles. The van der Waals surface area contributed by atoms with Gasteiger partial charge in [-0.05, 0) is 24.0 Å². The van der Waals surface area contributed by atoms with E-state index in [1.165, 1.54) is 0 Å². The van der Waals surface area contributed by atoms with Gasteiger partial charge in [-0.1, -0.05) is 72.8 Å². The molecule has 9 heteroatoms. The van der Waals surface area contributed by atoms with Crippen LogP contribution >= 0.6 is 0 Å². The molecule has 9 nitrogen and oxygen atoms in total. The van der Waals surface area contributed by atoms with Crippen molar-refractivity contribution in [1.82, 2.24) is 20.7 Å². The Kier molecular flexibility index (Phi) is 5.24. The summed E-state index contributed by atoms with van der Waals surface area (Å²) in [6.45, 7) is -0.564. The van der Waals surface area contributed by atoms with E-state index in [9.17, 15) is 24.0 Å². The standard InChI is InChI=1S/C25H22N4O5/c30-20(15-28-21(31)18-13-7-8-14-19(18)22(28)32)27-29-23(33)25(26-24(29)34,16-9-3-1-4-10-16)17-11-5-2-6-12-17/h1-12,18-19H,13-15H2,(H,26,34)(H,27,30)/t18-,19-/m1/s1. The predicted molar refractivity (Wildman–Crippen MR) is 119 cm³/mol. The Morgan fingerprint density at radius 1 is 0.853 bits per heavy atom. The van der Waals surface area contributed by atoms with Crippen LogP contribution in [0.1, 0.15) is 24.0 Å². The molecule has 0 bridgehead atoms. The van der Waals surface area contributed by atoms with E-state index in [0.717, 1.165) is 4.90 Å². The number of likely N-dealkylation sites (tertiary alicyclic amines) is 1. The van der Waals surface area contributed by atoms with Gasteiger partial charge in [-0.15, -0.1) is 0 Å². The van der Waals surface area contributed by atoms with Crippen LogP contribution in [0.15, 0.2) is 72.8 Å². The van der Waals surface area contributed by atoms with Crippen LogP contribution in [-0.2, 0) is 24.7 Å². The first-order chi connectivity index (χ1) is 16.4. The van der Waals surface area contributed by atoms with Crippen LogP contribution in [0.25, 0.3) is 0 Å². The van der Waals surface area contributed by atoms with Crippen LogP contribution < -0.4 is 10.7 Å². The molecule has 5 rings (SSSR count). The first-order valence-corrected chi connectivity index (χ1v) is 11.0. The van der Waals surface area contributed by atoms with Crippen molar-refractivity contribution >= 4 is 29.7 Å². The maximum absolute atomic E-state index is 13.6. The number of imide groups is 2. The average Bonchev–Trinajstić information content (AvgIpc) is 3.26. The summed E-state index contributed by atoms with van der Waals surface area (Å²) in [7, 11) is 0. The number of carbonyl (C=O) groups is 5. The Balaban J connectivity index is 1.38. The minimum absolute atomic E-state index is 0.408. The number of amides is 6. The summed E-state index contributed by atoms with van der Waals surface area (Å²) < 4.78 is 0. The van der Waals surface area contributed by atoms with Crippen LogP contribution in [0.3, 0.4) is 0 Å². The molecule has 0 aromatic heterocycles. The van der Waals surface area contributed by atoms with Crippen LogP contribution in [-0.4, -0.2) is 46.1 Å². The SMILES string of the molecule is O=C(CN1C(=O)[C@@H]2CC=CC[C@H]2C1=O)NN1C(=O)NC(c2ccccc2)(c2ccccc2)C1=O. The van der Waals surface area contributed by atoms with Crippen molar-refractivity contribution in [2.75, 3.05) is 6.54 Å². The highest BCUT2D eigenvalue weighted by Gasteiger charge is 2.55. The molecule has 2 aromatic carbocycles. The highest BCUT2D eigenvalue weighted by molar-refractivity contribution is 6.11. The number of urea groups is 1. The second-order valence-corrected chi connectivity index (χ2v) is 8.51. The maximum Gasteiger partial charge on any atom is 0.344 e. The summed E-state index contributed by atoms with van der Waals surface area (Å²) >= 11 is 0. The van der Waals surface area contributed by atoms with Gasteiger partial charge in [0, 0.05) is 0 Å². The summed E-state index contributed by atoms with van der Waals surface area (Å²) in [5.41, 5.74) is 1.81. The molecule has 0 saturated carbocycles. The number of allylic oxidation sites excluding steroid dienone is 2. The van der Waals surface area contributed by atoms with Gasteiger partial charge in [-0.25, -0.2) is 4.79 Å². The fraction of sp³-hybridized carbons (Fsp3) is 0.240. The third kappa shape index (κ3) is 3.28. The second kappa shape index (κ2) is 8.26. The molecule has 34 heavy (non-hydrogen) atoms. The molecule has 3 aliphatic rings. The molecule has 6 amide bonds. The number of hydrazine groups is 1. The lowest BCUT2D eigenvalue weighted by Gasteiger charge is -2.27. The molecular weight excluding hydrogens is 436 g/mol. The Labute approximate surface area is 195 Å². The van der Waals surface area contributed by atoms with Crippen molar-refractivity contribution in [3.05, 3.63) is 83.9 Å². The first kappa shape index (κ1) is 21.6. The van der Waals surface area contributed by atoms with E-state index >= 15 is 0 Å². The number of rotatable bonds is 5. The summed E-state index contributed by atoms with van der Waals surface area (Å²) in [5, 5.41) is 3.34. The first-order valence-electron chi connectivity index (χ1n) is 11.0. The number of carbonyl (C=O) groups excluding carboxylic acids is 5. The Morgan fingerprint density at radius 3 is 1.85 bits per heavy atom. The molecule has 172 valence electrons. The van der Waals surface area contributed by atoms with Gasteiger partial charge in [-0.2, -0.15) is 5.01 Å². The summed E-state index contributed by atoms with van der Waals surface area (Å²) in [6.07, 6.45) is 4.62. The minimum Gasteiger partial charge on any atom is -0.314 e. The van der Waals surface area contributed by atoms with E-state index in [1.807, 2.05) is 12.2 Å². The van der Waals surface area contributed by atoms with Crippen LogP contribution in [0.4, 0.5) is 4.79 Å². The zero-order valence-electron chi connectivity index (χ0n) is 18.1. The van der Waals surface area contributed by atoms with Gasteiger partial charge >= 0.3 is 6.03 Å². The Hall–Kier alpha value is -4.27. The third-order valence-electron chi connectivity index (χ3n) is 6.57. The summed E-state index contributed by atoms with van der Waals surface area (Å²) in [6, 6.07) is 16.6. The number of nitrogens with one attached hydrogen (secondary N) is 2. The van der Waals surface area contributed by atoms with E-state index in [1.54, 1.807) is 60.7 Å². The molecule has 2 saturated heterocycles. The number of hydrogen-bond donors (Lipinski definition) is 2. The van der Waals surface area contributed by atoms with Crippen LogP contribution in [0.5, 0.6) is 0 Å². The van der Waals surface area contributed by atoms with Crippen molar-refractivity contribution in [3.8, 4) is 0 Å². The number of hydrogen-bond acceptors (Lipinski definition) is 5. The highest BCUT2D eigenvalue weighted by atomic mass is 16.2. The van der Waals surface area contributed by atoms with Crippen LogP contribution in [0, 0.1) is 11.8 Å². The third-order valence-corrected chi connectivity index (χ3v) is 6.57. The van der Waals surface area contributed by atoms with Crippen molar-refractivity contribution in [1.29, 1.82) is 0 Å². The normalized spacial score (nSPS) is 23.2. The van der Waals surface area contributed by atoms with Gasteiger partial charge in [0.25, 0.3) is 11.8 Å². The van der Waals surface area contributed by atoms with Gasteiger partial charge < -0.3 is 5.32 Å². The topological polar surface area (TPSA) is 116 Å². The largest absolute Gasteiger partial charge is 0.344 e. The Bertz CT molecular complexity index is 1140. The lowest BCUT2D eigenvalue weighted by atomic mass is 9.83. The van der Waals surface area contributed by atoms with Gasteiger partial charge in [0.15, 0.2) is 5.54 Å². The van der Waals surface area contributed by atoms with E-state index in [4.69, 9.17) is 0 Å².